The number of hydrazine groups is 1. The molecule has 7 nitrogen and oxygen atoms in total. The summed E-state index contributed by atoms with van der Waals surface area (Å²) in [5.74, 6) is -0.211. The number of ether oxygens (including phenoxy) is 1. The molecular formula is C19H22Cl2N6O. The van der Waals surface area contributed by atoms with Gasteiger partial charge in [0.1, 0.15) is 12.4 Å². The maximum absolute atomic E-state index is 6.53. The van der Waals surface area contributed by atoms with Crippen LogP contribution in [0.1, 0.15) is 18.4 Å². The lowest BCUT2D eigenvalue weighted by atomic mass is 10.0. The molecule has 0 saturated carbocycles. The van der Waals surface area contributed by atoms with Crippen LogP contribution in [0.5, 0.6) is 5.75 Å². The maximum Gasteiger partial charge on any atom is 0.209 e. The van der Waals surface area contributed by atoms with Crippen LogP contribution in [0.3, 0.4) is 0 Å². The fraction of sp³-hybridized carbons (Fsp3) is 0.316. The molecule has 2 aliphatic rings. The van der Waals surface area contributed by atoms with E-state index >= 15 is 0 Å². The molecular weight excluding hydrogens is 399 g/mol. The molecule has 0 aliphatic carbocycles. The lowest BCUT2D eigenvalue weighted by molar-refractivity contribution is 0.277. The van der Waals surface area contributed by atoms with Gasteiger partial charge >= 0.3 is 0 Å². The van der Waals surface area contributed by atoms with Gasteiger partial charge in [0, 0.05) is 17.2 Å². The van der Waals surface area contributed by atoms with Crippen LogP contribution >= 0.6 is 23.2 Å². The van der Waals surface area contributed by atoms with Crippen molar-refractivity contribution in [2.45, 2.75) is 24.7 Å². The molecule has 7 N–H and O–H groups in total. The second kappa shape index (κ2) is 7.77. The van der Waals surface area contributed by atoms with E-state index in [9.17, 15) is 0 Å². The van der Waals surface area contributed by atoms with E-state index in [1.807, 2.05) is 24.3 Å². The summed E-state index contributed by atoms with van der Waals surface area (Å²) < 4.78 is 5.86. The van der Waals surface area contributed by atoms with Crippen LogP contribution in [0.15, 0.2) is 41.4 Å². The molecule has 2 unspecified atom stereocenters. The van der Waals surface area contributed by atoms with Gasteiger partial charge in [-0.3, -0.25) is 11.2 Å². The Bertz CT molecular complexity index is 875. The fourth-order valence-corrected chi connectivity index (χ4v) is 4.13. The van der Waals surface area contributed by atoms with Crippen LogP contribution in [-0.4, -0.2) is 25.2 Å². The van der Waals surface area contributed by atoms with Crippen molar-refractivity contribution in [3.63, 3.8) is 0 Å². The summed E-state index contributed by atoms with van der Waals surface area (Å²) in [6, 6.07) is 11.6. The number of rotatable bonds is 5. The summed E-state index contributed by atoms with van der Waals surface area (Å²) in [5.41, 5.74) is 19.6. The zero-order valence-corrected chi connectivity index (χ0v) is 16.6. The van der Waals surface area contributed by atoms with Crippen LogP contribution in [0.4, 0.5) is 0 Å². The number of halogens is 2. The maximum atomic E-state index is 6.53. The van der Waals surface area contributed by atoms with Gasteiger partial charge in [-0.15, -0.1) is 0 Å². The average Bonchev–Trinajstić information content (AvgIpc) is 3.30. The van der Waals surface area contributed by atoms with Gasteiger partial charge in [-0.2, -0.15) is 5.43 Å². The number of guanidine groups is 1. The van der Waals surface area contributed by atoms with Gasteiger partial charge in [-0.1, -0.05) is 35.3 Å². The minimum Gasteiger partial charge on any atom is -0.492 e. The number of nitrogens with one attached hydrogen (secondary N) is 3. The minimum atomic E-state index is -1.22. The first-order valence-corrected chi connectivity index (χ1v) is 9.84. The van der Waals surface area contributed by atoms with Gasteiger partial charge in [-0.05, 0) is 49.2 Å². The minimum absolute atomic E-state index is 0.196. The highest BCUT2D eigenvalue weighted by atomic mass is 35.5. The summed E-state index contributed by atoms with van der Waals surface area (Å²) in [7, 11) is 0. The Labute approximate surface area is 173 Å². The first kappa shape index (κ1) is 19.3. The van der Waals surface area contributed by atoms with Crippen molar-refractivity contribution in [1.29, 1.82) is 0 Å². The number of nitrogens with two attached hydrogens (primary N) is 2. The second-order valence-electron chi connectivity index (χ2n) is 6.96. The Balaban J connectivity index is 1.54. The van der Waals surface area contributed by atoms with E-state index in [0.717, 1.165) is 29.8 Å². The summed E-state index contributed by atoms with van der Waals surface area (Å²) in [4.78, 5) is 4.15. The molecule has 1 saturated heterocycles. The van der Waals surface area contributed by atoms with Crippen molar-refractivity contribution in [3.8, 4) is 16.9 Å². The monoisotopic (exact) mass is 420 g/mol. The van der Waals surface area contributed by atoms with Crippen LogP contribution in [0.2, 0.25) is 10.0 Å². The summed E-state index contributed by atoms with van der Waals surface area (Å²) in [6.07, 6.45) is 2.35. The molecule has 2 aromatic carbocycles. The second-order valence-corrected chi connectivity index (χ2v) is 7.77. The number of aliphatic imine (C=N–C) groups is 1. The van der Waals surface area contributed by atoms with E-state index in [1.54, 1.807) is 12.1 Å². The quantitative estimate of drug-likeness (QED) is 0.507. The molecule has 1 fully saturated rings. The number of hydrogen-bond acceptors (Lipinski definition) is 7. The Hall–Kier alpha value is -2.03. The van der Waals surface area contributed by atoms with Gasteiger partial charge in [0.25, 0.3) is 0 Å². The summed E-state index contributed by atoms with van der Waals surface area (Å²) in [6.45, 7) is 1.73. The zero-order chi connectivity index (χ0) is 19.7. The van der Waals surface area contributed by atoms with Gasteiger partial charge in [0.05, 0.1) is 10.0 Å². The van der Waals surface area contributed by atoms with Gasteiger partial charge in [0.15, 0.2) is 0 Å². The smallest absolute Gasteiger partial charge is 0.209 e. The van der Waals surface area contributed by atoms with E-state index in [0.29, 0.717) is 28.3 Å². The lowest BCUT2D eigenvalue weighted by Crippen LogP contribution is -2.50. The average molecular weight is 421 g/mol. The summed E-state index contributed by atoms with van der Waals surface area (Å²) in [5, 5.41) is 4.36. The van der Waals surface area contributed by atoms with E-state index in [4.69, 9.17) is 39.4 Å². The highest BCUT2D eigenvalue weighted by molar-refractivity contribution is 6.39. The van der Waals surface area contributed by atoms with Crippen LogP contribution in [0, 0.1) is 0 Å². The first-order chi connectivity index (χ1) is 13.4. The van der Waals surface area contributed by atoms with Crippen LogP contribution in [0.25, 0.3) is 11.1 Å². The van der Waals surface area contributed by atoms with E-state index in [2.05, 4.69) is 21.2 Å². The standard InChI is InChI=1S/C19H22Cl2N6O/c20-15-8-12(19(23)25-18(22)26-27-19)9-16(21)17(15)11-3-5-14(6-4-11)28-10-13-2-1-7-24-13/h3-6,8-9,13,24,27H,1-2,7,10,23H2,(H3,22,25,26). The predicted octanol–water partition coefficient (Wildman–Crippen LogP) is 2.28. The normalized spacial score (nSPS) is 24.1. The fourth-order valence-electron chi connectivity index (χ4n) is 3.42. The molecule has 148 valence electrons. The van der Waals surface area contributed by atoms with Crippen molar-refractivity contribution >= 4 is 29.2 Å². The molecule has 0 amide bonds. The molecule has 0 spiro atoms. The third kappa shape index (κ3) is 3.90. The molecule has 0 radical (unpaired) electrons. The van der Waals surface area contributed by atoms with Crippen molar-refractivity contribution in [3.05, 3.63) is 52.0 Å². The molecule has 2 aromatic rings. The summed E-state index contributed by atoms with van der Waals surface area (Å²) >= 11 is 13.1. The third-order valence-electron chi connectivity index (χ3n) is 4.92. The molecule has 28 heavy (non-hydrogen) atoms. The zero-order valence-electron chi connectivity index (χ0n) is 15.1. The van der Waals surface area contributed by atoms with Crippen molar-refractivity contribution in [1.82, 2.24) is 16.2 Å². The van der Waals surface area contributed by atoms with Crippen LogP contribution < -0.4 is 32.4 Å². The molecule has 2 atom stereocenters. The third-order valence-corrected chi connectivity index (χ3v) is 5.51. The van der Waals surface area contributed by atoms with Crippen molar-refractivity contribution in [2.24, 2.45) is 16.5 Å². The number of hydrogen-bond donors (Lipinski definition) is 5. The highest BCUT2D eigenvalue weighted by Crippen LogP contribution is 2.38. The van der Waals surface area contributed by atoms with Gasteiger partial charge < -0.3 is 15.8 Å². The SMILES string of the molecule is NC1=NC(N)(c2cc(Cl)c(-c3ccc(OCC4CCCN4)cc3)c(Cl)c2)NN1. The molecule has 2 heterocycles. The van der Waals surface area contributed by atoms with Gasteiger partial charge in [-0.25, -0.2) is 4.99 Å². The Morgan fingerprint density at radius 1 is 1.18 bits per heavy atom. The number of nitrogens with zero attached hydrogens (tertiary/aromatic N) is 1. The van der Waals surface area contributed by atoms with Crippen LogP contribution in [-0.2, 0) is 5.79 Å². The van der Waals surface area contributed by atoms with E-state index in [1.165, 1.54) is 6.42 Å². The van der Waals surface area contributed by atoms with Crippen molar-refractivity contribution in [2.75, 3.05) is 13.2 Å². The Morgan fingerprint density at radius 3 is 2.46 bits per heavy atom. The molecule has 2 aliphatic heterocycles. The predicted molar refractivity (Wildman–Crippen MR) is 112 cm³/mol. The Morgan fingerprint density at radius 2 is 1.89 bits per heavy atom. The first-order valence-electron chi connectivity index (χ1n) is 9.08. The molecule has 4 rings (SSSR count). The van der Waals surface area contributed by atoms with Crippen molar-refractivity contribution < 1.29 is 4.74 Å². The van der Waals surface area contributed by atoms with Gasteiger partial charge in [0.2, 0.25) is 11.7 Å². The topological polar surface area (TPSA) is 110 Å². The Kier molecular flexibility index (Phi) is 5.35. The van der Waals surface area contributed by atoms with E-state index < -0.39 is 5.79 Å². The largest absolute Gasteiger partial charge is 0.492 e. The lowest BCUT2D eigenvalue weighted by Gasteiger charge is -2.22. The highest BCUT2D eigenvalue weighted by Gasteiger charge is 2.32. The number of benzene rings is 2. The molecule has 0 aromatic heterocycles. The molecule has 9 heteroatoms. The molecule has 0 bridgehead atoms. The van der Waals surface area contributed by atoms with E-state index in [-0.39, 0.29) is 5.96 Å².